The lowest BCUT2D eigenvalue weighted by atomic mass is 10.1. The number of fused-ring (bicyclic) bond motifs is 1. The number of aromatic nitrogens is 1. The average Bonchev–Trinajstić information content (AvgIpc) is 2.47. The maximum absolute atomic E-state index is 13.5. The number of carbonyl (C=O) groups excluding carboxylic acids is 1. The number of amides is 1. The fourth-order valence-electron chi connectivity index (χ4n) is 2.47. The first-order valence-corrected chi connectivity index (χ1v) is 6.50. The summed E-state index contributed by atoms with van der Waals surface area (Å²) in [6.07, 6.45) is 1.53. The third kappa shape index (κ3) is 2.18. The van der Waals surface area contributed by atoms with Crippen LogP contribution in [0, 0.1) is 5.82 Å². The first-order valence-electron chi connectivity index (χ1n) is 6.50. The van der Waals surface area contributed by atoms with Crippen LogP contribution in [0.4, 0.5) is 10.1 Å². The largest absolute Gasteiger partial charge is 0.398 e. The maximum Gasteiger partial charge on any atom is 0.273 e. The van der Waals surface area contributed by atoms with Gasteiger partial charge in [-0.15, -0.1) is 0 Å². The number of piperazine rings is 1. The molecule has 0 saturated carbocycles. The molecule has 0 radical (unpaired) electrons. The van der Waals surface area contributed by atoms with Crippen LogP contribution in [-0.2, 0) is 0 Å². The number of pyridine rings is 1. The summed E-state index contributed by atoms with van der Waals surface area (Å²) in [5.41, 5.74) is 6.38. The van der Waals surface area contributed by atoms with E-state index in [0.29, 0.717) is 29.5 Å². The van der Waals surface area contributed by atoms with E-state index in [2.05, 4.69) is 10.3 Å². The molecular weight excluding hydrogens is 259 g/mol. The van der Waals surface area contributed by atoms with Gasteiger partial charge in [-0.25, -0.2) is 4.39 Å². The highest BCUT2D eigenvalue weighted by Crippen LogP contribution is 2.25. The Bertz CT molecular complexity index is 668. The summed E-state index contributed by atoms with van der Waals surface area (Å²) in [5, 5.41) is 4.30. The molecule has 1 fully saturated rings. The van der Waals surface area contributed by atoms with Crippen LogP contribution in [0.3, 0.4) is 0 Å². The van der Waals surface area contributed by atoms with Gasteiger partial charge in [-0.3, -0.25) is 9.78 Å². The zero-order chi connectivity index (χ0) is 14.1. The number of anilines is 1. The fourth-order valence-corrected chi connectivity index (χ4v) is 2.47. The number of halogens is 1. The second-order valence-electron chi connectivity index (χ2n) is 4.79. The van der Waals surface area contributed by atoms with Crippen molar-refractivity contribution in [3.8, 4) is 0 Å². The lowest BCUT2D eigenvalue weighted by Gasteiger charge is -2.27. The molecule has 1 amide bonds. The zero-order valence-electron chi connectivity index (χ0n) is 10.9. The Labute approximate surface area is 115 Å². The van der Waals surface area contributed by atoms with Crippen molar-refractivity contribution < 1.29 is 9.18 Å². The molecule has 3 rings (SSSR count). The minimum absolute atomic E-state index is 0.179. The number of hydrogen-bond acceptors (Lipinski definition) is 4. The normalized spacial score (nSPS) is 15.6. The number of hydrogen-bond donors (Lipinski definition) is 2. The monoisotopic (exact) mass is 274 g/mol. The molecule has 2 aromatic rings. The first-order chi connectivity index (χ1) is 9.66. The van der Waals surface area contributed by atoms with Gasteiger partial charge in [-0.1, -0.05) is 0 Å². The quantitative estimate of drug-likeness (QED) is 0.761. The van der Waals surface area contributed by atoms with E-state index in [4.69, 9.17) is 5.73 Å². The van der Waals surface area contributed by atoms with Gasteiger partial charge in [-0.2, -0.15) is 0 Å². The number of carbonyl (C=O) groups is 1. The van der Waals surface area contributed by atoms with Crippen molar-refractivity contribution in [1.82, 2.24) is 15.2 Å². The smallest absolute Gasteiger partial charge is 0.273 e. The Morgan fingerprint density at radius 3 is 2.80 bits per heavy atom. The van der Waals surface area contributed by atoms with E-state index in [1.807, 2.05) is 0 Å². The van der Waals surface area contributed by atoms with Gasteiger partial charge < -0.3 is 16.0 Å². The second kappa shape index (κ2) is 5.05. The van der Waals surface area contributed by atoms with Crippen LogP contribution < -0.4 is 11.1 Å². The van der Waals surface area contributed by atoms with Gasteiger partial charge in [0.1, 0.15) is 11.5 Å². The predicted molar refractivity (Wildman–Crippen MR) is 74.9 cm³/mol. The molecule has 6 heteroatoms. The highest BCUT2D eigenvalue weighted by atomic mass is 19.1. The third-order valence-electron chi connectivity index (χ3n) is 3.48. The summed E-state index contributed by atoms with van der Waals surface area (Å²) in [5.74, 6) is -0.639. The summed E-state index contributed by atoms with van der Waals surface area (Å²) in [4.78, 5) is 18.4. The van der Waals surface area contributed by atoms with Gasteiger partial charge in [0, 0.05) is 48.8 Å². The molecule has 2 heterocycles. The molecule has 0 atom stereocenters. The van der Waals surface area contributed by atoms with Gasteiger partial charge in [0.25, 0.3) is 5.91 Å². The fraction of sp³-hybridized carbons (Fsp3) is 0.286. The third-order valence-corrected chi connectivity index (χ3v) is 3.48. The summed E-state index contributed by atoms with van der Waals surface area (Å²) >= 11 is 0. The molecule has 1 aliphatic heterocycles. The van der Waals surface area contributed by atoms with Crippen LogP contribution in [-0.4, -0.2) is 42.0 Å². The van der Waals surface area contributed by atoms with E-state index in [-0.39, 0.29) is 11.6 Å². The van der Waals surface area contributed by atoms with Gasteiger partial charge >= 0.3 is 0 Å². The maximum atomic E-state index is 13.5. The van der Waals surface area contributed by atoms with Crippen molar-refractivity contribution >= 4 is 22.4 Å². The molecule has 3 N–H and O–H groups in total. The molecule has 0 aliphatic carbocycles. The minimum atomic E-state index is -0.461. The van der Waals surface area contributed by atoms with Crippen molar-refractivity contribution in [2.45, 2.75) is 0 Å². The minimum Gasteiger partial charge on any atom is -0.398 e. The van der Waals surface area contributed by atoms with Crippen molar-refractivity contribution in [3.05, 3.63) is 35.9 Å². The van der Waals surface area contributed by atoms with Crippen molar-refractivity contribution in [2.75, 3.05) is 31.9 Å². The van der Waals surface area contributed by atoms with Gasteiger partial charge in [-0.05, 0) is 18.2 Å². The lowest BCUT2D eigenvalue weighted by Crippen LogP contribution is -2.46. The molecule has 0 unspecified atom stereocenters. The molecule has 1 aromatic heterocycles. The Morgan fingerprint density at radius 1 is 1.30 bits per heavy atom. The van der Waals surface area contributed by atoms with Gasteiger partial charge in [0.05, 0.1) is 0 Å². The molecule has 1 aromatic carbocycles. The van der Waals surface area contributed by atoms with E-state index in [9.17, 15) is 9.18 Å². The average molecular weight is 274 g/mol. The van der Waals surface area contributed by atoms with Crippen LogP contribution in [0.25, 0.3) is 10.8 Å². The Kier molecular flexibility index (Phi) is 3.23. The Morgan fingerprint density at radius 2 is 2.05 bits per heavy atom. The summed E-state index contributed by atoms with van der Waals surface area (Å²) in [6, 6.07) is 4.26. The second-order valence-corrected chi connectivity index (χ2v) is 4.79. The molecule has 20 heavy (non-hydrogen) atoms. The number of nitrogens with one attached hydrogen (secondary N) is 1. The van der Waals surface area contributed by atoms with Crippen LogP contribution in [0.15, 0.2) is 24.4 Å². The predicted octanol–water partition coefficient (Wildman–Crippen LogP) is 1.00. The summed E-state index contributed by atoms with van der Waals surface area (Å²) in [7, 11) is 0. The van der Waals surface area contributed by atoms with Crippen LogP contribution in [0.2, 0.25) is 0 Å². The van der Waals surface area contributed by atoms with Crippen molar-refractivity contribution in [2.24, 2.45) is 0 Å². The summed E-state index contributed by atoms with van der Waals surface area (Å²) in [6.45, 7) is 2.77. The molecule has 0 spiro atoms. The molecule has 104 valence electrons. The van der Waals surface area contributed by atoms with E-state index < -0.39 is 5.82 Å². The Balaban J connectivity index is 2.08. The highest BCUT2D eigenvalue weighted by Gasteiger charge is 2.21. The molecule has 1 saturated heterocycles. The molecule has 0 bridgehead atoms. The van der Waals surface area contributed by atoms with Crippen molar-refractivity contribution in [1.29, 1.82) is 0 Å². The number of benzene rings is 1. The van der Waals surface area contributed by atoms with Gasteiger partial charge in [0.2, 0.25) is 0 Å². The van der Waals surface area contributed by atoms with Gasteiger partial charge in [0.15, 0.2) is 0 Å². The van der Waals surface area contributed by atoms with Crippen LogP contribution in [0.5, 0.6) is 0 Å². The Hall–Kier alpha value is -2.21. The van der Waals surface area contributed by atoms with E-state index in [1.54, 1.807) is 11.0 Å². The number of nitrogen functional groups attached to an aromatic ring is 1. The molecule has 1 aliphatic rings. The van der Waals surface area contributed by atoms with Crippen molar-refractivity contribution in [3.63, 3.8) is 0 Å². The molecule has 5 nitrogen and oxygen atoms in total. The SMILES string of the molecule is Nc1cc(F)cc2c(C(=O)N3CCNCC3)nccc12. The summed E-state index contributed by atoms with van der Waals surface area (Å²) < 4.78 is 13.5. The first kappa shape index (κ1) is 12.8. The van der Waals surface area contributed by atoms with Crippen LogP contribution in [0.1, 0.15) is 10.5 Å². The standard InChI is InChI=1S/C14H15FN4O/c15-9-7-11-10(12(16)8-9)1-2-18-13(11)14(20)19-5-3-17-4-6-19/h1-2,7-8,17H,3-6,16H2. The van der Waals surface area contributed by atoms with E-state index in [0.717, 1.165) is 13.1 Å². The number of nitrogens with zero attached hydrogens (tertiary/aromatic N) is 2. The van der Waals surface area contributed by atoms with E-state index in [1.165, 1.54) is 18.3 Å². The molecular formula is C14H15FN4O. The van der Waals surface area contributed by atoms with Crippen LogP contribution >= 0.6 is 0 Å². The topological polar surface area (TPSA) is 71.2 Å². The van der Waals surface area contributed by atoms with E-state index >= 15 is 0 Å². The zero-order valence-corrected chi connectivity index (χ0v) is 10.9. The lowest BCUT2D eigenvalue weighted by molar-refractivity contribution is 0.0732. The number of rotatable bonds is 1. The highest BCUT2D eigenvalue weighted by molar-refractivity contribution is 6.08. The number of nitrogens with two attached hydrogens (primary N) is 1.